The molecule has 1 aliphatic heterocycles. The third kappa shape index (κ3) is 6.94. The molecule has 5 rings (SSSR count). The first kappa shape index (κ1) is 32.7. The summed E-state index contributed by atoms with van der Waals surface area (Å²) in [6.45, 7) is 1.30. The Balaban J connectivity index is 1.72. The van der Waals surface area contributed by atoms with Crippen molar-refractivity contribution in [1.29, 1.82) is 0 Å². The second-order valence-electron chi connectivity index (χ2n) is 9.56. The number of carbonyl (C=O) groups excluding carboxylic acids is 1. The molecule has 3 aromatic carbocycles. The molecule has 234 valence electrons. The van der Waals surface area contributed by atoms with Gasteiger partial charge in [0.25, 0.3) is 5.56 Å². The monoisotopic (exact) mass is 772 g/mol. The summed E-state index contributed by atoms with van der Waals surface area (Å²) in [5, 5.41) is 0.310. The van der Waals surface area contributed by atoms with Gasteiger partial charge in [0.1, 0.15) is 12.4 Å². The summed E-state index contributed by atoms with van der Waals surface area (Å²) in [4.78, 5) is 30.6. The normalized spacial score (nSPS) is 15.0. The van der Waals surface area contributed by atoms with Gasteiger partial charge in [0.2, 0.25) is 0 Å². The molecule has 7 nitrogen and oxygen atoms in total. The minimum absolute atomic E-state index is 0.0232. The Bertz CT molecular complexity index is 1970. The molecule has 1 aliphatic rings. The highest BCUT2D eigenvalue weighted by Gasteiger charge is 2.45. The SMILES string of the molecule is CCOC(=O)C1=C(C(F)(F)F)N=c2s/c(=C\c3cc(I)cc(OC)c3OCc3ccc(F)cc3)c(=O)n2[C@H]1c1ccc(Cl)cc1. The van der Waals surface area contributed by atoms with E-state index in [-0.39, 0.29) is 33.9 Å². The van der Waals surface area contributed by atoms with Gasteiger partial charge in [-0.1, -0.05) is 47.2 Å². The zero-order valence-corrected chi connectivity index (χ0v) is 27.2. The molecule has 0 fully saturated rings. The smallest absolute Gasteiger partial charge is 0.434 e. The number of hydrogen-bond donors (Lipinski definition) is 0. The summed E-state index contributed by atoms with van der Waals surface area (Å²) in [6.07, 6.45) is -3.57. The van der Waals surface area contributed by atoms with Crippen LogP contribution in [0.1, 0.15) is 29.7 Å². The molecule has 45 heavy (non-hydrogen) atoms. The second-order valence-corrected chi connectivity index (χ2v) is 12.2. The quantitative estimate of drug-likeness (QED) is 0.119. The van der Waals surface area contributed by atoms with Crippen LogP contribution in [0.3, 0.4) is 0 Å². The van der Waals surface area contributed by atoms with Gasteiger partial charge in [-0.3, -0.25) is 9.36 Å². The molecular formula is C31H22ClF4IN2O5S. The van der Waals surface area contributed by atoms with E-state index in [1.54, 1.807) is 24.3 Å². The van der Waals surface area contributed by atoms with Crippen molar-refractivity contribution in [3.63, 3.8) is 0 Å². The van der Waals surface area contributed by atoms with Gasteiger partial charge in [-0.2, -0.15) is 13.2 Å². The van der Waals surface area contributed by atoms with Crippen LogP contribution in [0.2, 0.25) is 5.02 Å². The highest BCUT2D eigenvalue weighted by atomic mass is 127. The van der Waals surface area contributed by atoms with Crippen LogP contribution >= 0.6 is 45.5 Å². The van der Waals surface area contributed by atoms with Crippen LogP contribution in [0.15, 0.2) is 81.7 Å². The van der Waals surface area contributed by atoms with E-state index in [1.165, 1.54) is 56.5 Å². The van der Waals surface area contributed by atoms with Gasteiger partial charge in [-0.25, -0.2) is 14.2 Å². The standard InChI is InChI=1S/C31H22ClF4IN2O5S/c1-3-43-29(41)24-25(17-6-8-19(32)9-7-17)39-28(40)23(45-30(39)38-27(24)31(34,35)36)13-18-12-21(37)14-22(42-2)26(18)44-15-16-4-10-20(33)11-5-16/h4-14,25H,3,15H2,1-2H3/b23-13-/t25-/m0/s1. The van der Waals surface area contributed by atoms with Gasteiger partial charge in [0.05, 0.1) is 29.9 Å². The fourth-order valence-corrected chi connectivity index (χ4v) is 6.42. The van der Waals surface area contributed by atoms with Crippen LogP contribution in [0, 0.1) is 9.39 Å². The van der Waals surface area contributed by atoms with Crippen LogP contribution in [-0.4, -0.2) is 30.4 Å². The number of aromatic nitrogens is 1. The molecule has 0 saturated heterocycles. The fourth-order valence-electron chi connectivity index (χ4n) is 4.68. The Labute approximate surface area is 276 Å². The van der Waals surface area contributed by atoms with Crippen LogP contribution < -0.4 is 24.4 Å². The van der Waals surface area contributed by atoms with E-state index < -0.39 is 40.8 Å². The zero-order chi connectivity index (χ0) is 32.5. The van der Waals surface area contributed by atoms with E-state index in [0.717, 1.165) is 19.5 Å². The first-order valence-electron chi connectivity index (χ1n) is 13.2. The lowest BCUT2D eigenvalue weighted by atomic mass is 9.95. The van der Waals surface area contributed by atoms with Crippen molar-refractivity contribution in [2.75, 3.05) is 13.7 Å². The van der Waals surface area contributed by atoms with E-state index >= 15 is 0 Å². The summed E-state index contributed by atoms with van der Waals surface area (Å²) < 4.78 is 75.0. The van der Waals surface area contributed by atoms with Crippen molar-refractivity contribution >= 4 is 57.6 Å². The Morgan fingerprint density at radius 2 is 1.82 bits per heavy atom. The molecule has 0 radical (unpaired) electrons. The number of alkyl halides is 3. The number of esters is 1. The molecular weight excluding hydrogens is 751 g/mol. The molecule has 0 unspecified atom stereocenters. The molecule has 2 heterocycles. The van der Waals surface area contributed by atoms with Crippen molar-refractivity contribution in [3.05, 3.63) is 123 Å². The van der Waals surface area contributed by atoms with Gasteiger partial charge >= 0.3 is 12.1 Å². The zero-order valence-electron chi connectivity index (χ0n) is 23.5. The number of fused-ring (bicyclic) bond motifs is 1. The highest BCUT2D eigenvalue weighted by molar-refractivity contribution is 14.1. The third-order valence-electron chi connectivity index (χ3n) is 6.63. The summed E-state index contributed by atoms with van der Waals surface area (Å²) in [5.74, 6) is -1.06. The molecule has 0 spiro atoms. The molecule has 0 amide bonds. The Morgan fingerprint density at radius 1 is 1.13 bits per heavy atom. The van der Waals surface area contributed by atoms with Crippen molar-refractivity contribution in [3.8, 4) is 11.5 Å². The van der Waals surface area contributed by atoms with E-state index in [2.05, 4.69) is 27.6 Å². The number of allylic oxidation sites excluding steroid dienone is 1. The number of hydrogen-bond acceptors (Lipinski definition) is 7. The van der Waals surface area contributed by atoms with E-state index in [1.807, 2.05) is 0 Å². The summed E-state index contributed by atoms with van der Waals surface area (Å²) in [5.41, 5.74) is -1.70. The molecule has 1 aromatic heterocycles. The average molecular weight is 773 g/mol. The number of rotatable bonds is 8. The molecule has 4 aromatic rings. The van der Waals surface area contributed by atoms with Gasteiger partial charge in [0.15, 0.2) is 22.0 Å². The molecule has 0 N–H and O–H groups in total. The lowest BCUT2D eigenvalue weighted by Gasteiger charge is -2.26. The van der Waals surface area contributed by atoms with E-state index in [4.69, 9.17) is 25.8 Å². The Kier molecular flexibility index (Phi) is 9.70. The number of nitrogens with zero attached hydrogens (tertiary/aromatic N) is 2. The van der Waals surface area contributed by atoms with Crippen LogP contribution in [0.5, 0.6) is 11.5 Å². The lowest BCUT2D eigenvalue weighted by molar-refractivity contribution is -0.140. The first-order chi connectivity index (χ1) is 21.4. The topological polar surface area (TPSA) is 79.1 Å². The van der Waals surface area contributed by atoms with Crippen LogP contribution in [0.25, 0.3) is 6.08 Å². The summed E-state index contributed by atoms with van der Waals surface area (Å²) in [6, 6.07) is 13.4. The van der Waals surface area contributed by atoms with Crippen molar-refractivity contribution < 1.29 is 36.6 Å². The Hall–Kier alpha value is -3.69. The van der Waals surface area contributed by atoms with Gasteiger partial charge < -0.3 is 14.2 Å². The number of methoxy groups -OCH3 is 1. The lowest BCUT2D eigenvalue weighted by Crippen LogP contribution is -2.41. The molecule has 0 saturated carbocycles. The van der Waals surface area contributed by atoms with Crippen LogP contribution in [-0.2, 0) is 16.1 Å². The summed E-state index contributed by atoms with van der Waals surface area (Å²) >= 11 is 8.82. The maximum atomic E-state index is 14.4. The first-order valence-corrected chi connectivity index (χ1v) is 15.5. The molecule has 0 bridgehead atoms. The molecule has 0 aliphatic carbocycles. The van der Waals surface area contributed by atoms with Crippen molar-refractivity contribution in [2.45, 2.75) is 25.7 Å². The largest absolute Gasteiger partial charge is 0.493 e. The maximum absolute atomic E-state index is 14.4. The molecule has 14 heteroatoms. The third-order valence-corrected chi connectivity index (χ3v) is 8.49. The maximum Gasteiger partial charge on any atom is 0.434 e. The number of ether oxygens (including phenoxy) is 3. The predicted octanol–water partition coefficient (Wildman–Crippen LogP) is 6.33. The summed E-state index contributed by atoms with van der Waals surface area (Å²) in [7, 11) is 1.44. The molecule has 1 atom stereocenters. The number of thiazole rings is 1. The van der Waals surface area contributed by atoms with E-state index in [0.29, 0.717) is 21.9 Å². The Morgan fingerprint density at radius 3 is 2.44 bits per heavy atom. The predicted molar refractivity (Wildman–Crippen MR) is 169 cm³/mol. The van der Waals surface area contributed by atoms with Gasteiger partial charge in [-0.05, 0) is 83.1 Å². The van der Waals surface area contributed by atoms with Gasteiger partial charge in [-0.15, -0.1) is 0 Å². The number of benzene rings is 3. The van der Waals surface area contributed by atoms with Crippen LogP contribution in [0.4, 0.5) is 17.6 Å². The van der Waals surface area contributed by atoms with E-state index in [9.17, 15) is 27.2 Å². The van der Waals surface area contributed by atoms with Crippen molar-refractivity contribution in [1.82, 2.24) is 4.57 Å². The minimum atomic E-state index is -5.04. The number of halogens is 6. The van der Waals surface area contributed by atoms with Crippen molar-refractivity contribution in [2.24, 2.45) is 4.99 Å². The highest BCUT2D eigenvalue weighted by Crippen LogP contribution is 2.39. The fraction of sp³-hybridized carbons (Fsp3) is 0.194. The minimum Gasteiger partial charge on any atom is -0.493 e. The number of carbonyl (C=O) groups is 1. The van der Waals surface area contributed by atoms with Gasteiger partial charge in [0, 0.05) is 14.2 Å². The average Bonchev–Trinajstić information content (AvgIpc) is 3.30. The second kappa shape index (κ2) is 13.3.